The van der Waals surface area contributed by atoms with E-state index in [1.807, 2.05) is 0 Å². The van der Waals surface area contributed by atoms with Crippen molar-refractivity contribution in [2.24, 2.45) is 0 Å². The minimum absolute atomic E-state index is 0.0157. The molecule has 1 aliphatic rings. The molecular weight excluding hydrogens is 272 g/mol. The van der Waals surface area contributed by atoms with Crippen molar-refractivity contribution in [3.05, 3.63) is 46.0 Å². The Morgan fingerprint density at radius 1 is 1.29 bits per heavy atom. The van der Waals surface area contributed by atoms with E-state index in [1.54, 1.807) is 18.2 Å². The van der Waals surface area contributed by atoms with Crippen LogP contribution in [0.4, 0.5) is 5.69 Å². The van der Waals surface area contributed by atoms with E-state index in [4.69, 9.17) is 0 Å². The molecule has 6 heteroatoms. The molecule has 1 amide bonds. The first-order valence-corrected chi connectivity index (χ1v) is 6.97. The fourth-order valence-corrected chi connectivity index (χ4v) is 2.39. The number of rotatable bonds is 4. The van der Waals surface area contributed by atoms with Crippen LogP contribution in [0.2, 0.25) is 0 Å². The molecule has 1 saturated carbocycles. The smallest absolute Gasteiger partial charge is 0.269 e. The van der Waals surface area contributed by atoms with Gasteiger partial charge >= 0.3 is 0 Å². The molecular formula is C15H18N2O4. The quantitative estimate of drug-likeness (QED) is 0.504. The van der Waals surface area contributed by atoms with Crippen molar-refractivity contribution < 1.29 is 14.8 Å². The lowest BCUT2D eigenvalue weighted by Crippen LogP contribution is -2.44. The van der Waals surface area contributed by atoms with Crippen molar-refractivity contribution in [2.75, 3.05) is 0 Å². The number of non-ortho nitro benzene ring substituents is 1. The molecule has 0 bridgehead atoms. The summed E-state index contributed by atoms with van der Waals surface area (Å²) in [6.45, 7) is 0. The number of nitro groups is 1. The molecule has 1 fully saturated rings. The van der Waals surface area contributed by atoms with E-state index in [-0.39, 0.29) is 17.6 Å². The Bertz CT molecular complexity index is 539. The zero-order valence-electron chi connectivity index (χ0n) is 11.6. The monoisotopic (exact) mass is 290 g/mol. The first-order valence-electron chi connectivity index (χ1n) is 6.97. The van der Waals surface area contributed by atoms with Gasteiger partial charge in [-0.15, -0.1) is 0 Å². The molecule has 0 aliphatic heterocycles. The SMILES string of the molecule is O=C(/C=C/c1ccc([N+](=O)[O-])cc1)N[C@@H]1CCCC[C@H]1O. The highest BCUT2D eigenvalue weighted by Gasteiger charge is 2.23. The minimum atomic E-state index is -0.476. The molecule has 6 nitrogen and oxygen atoms in total. The molecule has 2 atom stereocenters. The molecule has 1 aromatic carbocycles. The zero-order chi connectivity index (χ0) is 15.2. The van der Waals surface area contributed by atoms with Gasteiger partial charge in [0, 0.05) is 18.2 Å². The molecule has 0 heterocycles. The maximum atomic E-state index is 11.8. The molecule has 0 saturated heterocycles. The second-order valence-electron chi connectivity index (χ2n) is 5.15. The van der Waals surface area contributed by atoms with Gasteiger partial charge in [0.25, 0.3) is 5.69 Å². The zero-order valence-corrected chi connectivity index (χ0v) is 11.6. The summed E-state index contributed by atoms with van der Waals surface area (Å²) >= 11 is 0. The Labute approximate surface area is 122 Å². The van der Waals surface area contributed by atoms with Crippen LogP contribution in [-0.4, -0.2) is 28.1 Å². The molecule has 0 aromatic heterocycles. The van der Waals surface area contributed by atoms with Crippen molar-refractivity contribution in [1.29, 1.82) is 0 Å². The molecule has 2 N–H and O–H groups in total. The lowest BCUT2D eigenvalue weighted by atomic mass is 9.92. The minimum Gasteiger partial charge on any atom is -0.391 e. The number of hydrogen-bond donors (Lipinski definition) is 2. The summed E-state index contributed by atoms with van der Waals surface area (Å²) < 4.78 is 0. The van der Waals surface area contributed by atoms with E-state index in [0.29, 0.717) is 5.56 Å². The number of aliphatic hydroxyl groups is 1. The van der Waals surface area contributed by atoms with Crippen LogP contribution < -0.4 is 5.32 Å². The van der Waals surface area contributed by atoms with Crippen LogP contribution in [0, 0.1) is 10.1 Å². The Kier molecular flexibility index (Phi) is 5.05. The van der Waals surface area contributed by atoms with Gasteiger partial charge < -0.3 is 10.4 Å². The van der Waals surface area contributed by atoms with Gasteiger partial charge in [0.15, 0.2) is 0 Å². The highest BCUT2D eigenvalue weighted by Crippen LogP contribution is 2.18. The van der Waals surface area contributed by atoms with E-state index in [2.05, 4.69) is 5.32 Å². The van der Waals surface area contributed by atoms with E-state index < -0.39 is 11.0 Å². The van der Waals surface area contributed by atoms with Crippen molar-refractivity contribution in [2.45, 2.75) is 37.8 Å². The van der Waals surface area contributed by atoms with Crippen LogP contribution in [-0.2, 0) is 4.79 Å². The fourth-order valence-electron chi connectivity index (χ4n) is 2.39. The lowest BCUT2D eigenvalue weighted by Gasteiger charge is -2.27. The molecule has 21 heavy (non-hydrogen) atoms. The highest BCUT2D eigenvalue weighted by atomic mass is 16.6. The standard InChI is InChI=1S/C15H18N2O4/c18-14-4-2-1-3-13(14)16-15(19)10-7-11-5-8-12(9-6-11)17(20)21/h5-10,13-14,18H,1-4H2,(H,16,19)/b10-7+/t13-,14-/m1/s1. The van der Waals surface area contributed by atoms with E-state index in [0.717, 1.165) is 25.7 Å². The van der Waals surface area contributed by atoms with Crippen LogP contribution in [0.5, 0.6) is 0 Å². The molecule has 112 valence electrons. The van der Waals surface area contributed by atoms with Crippen LogP contribution in [0.15, 0.2) is 30.3 Å². The predicted octanol–water partition coefficient (Wildman–Crippen LogP) is 2.03. The normalized spacial score (nSPS) is 22.1. The first-order chi connectivity index (χ1) is 10.1. The third kappa shape index (κ3) is 4.39. The maximum absolute atomic E-state index is 11.8. The number of carbonyl (C=O) groups is 1. The van der Waals surface area contributed by atoms with Crippen molar-refractivity contribution in [1.82, 2.24) is 5.32 Å². The molecule has 0 spiro atoms. The summed E-state index contributed by atoms with van der Waals surface area (Å²) in [4.78, 5) is 21.9. The summed E-state index contributed by atoms with van der Waals surface area (Å²) in [5, 5.41) is 23.1. The Balaban J connectivity index is 1.90. The van der Waals surface area contributed by atoms with Gasteiger partial charge in [-0.05, 0) is 36.6 Å². The van der Waals surface area contributed by atoms with E-state index in [9.17, 15) is 20.0 Å². The van der Waals surface area contributed by atoms with Crippen LogP contribution in [0.1, 0.15) is 31.2 Å². The number of amides is 1. The van der Waals surface area contributed by atoms with Gasteiger partial charge in [0.1, 0.15) is 0 Å². The first kappa shape index (κ1) is 15.2. The summed E-state index contributed by atoms with van der Waals surface area (Å²) in [5.74, 6) is -0.265. The average Bonchev–Trinajstić information content (AvgIpc) is 2.48. The Morgan fingerprint density at radius 2 is 1.95 bits per heavy atom. The third-order valence-electron chi connectivity index (χ3n) is 3.59. The number of carbonyl (C=O) groups excluding carboxylic acids is 1. The average molecular weight is 290 g/mol. The van der Waals surface area contributed by atoms with Gasteiger partial charge in [-0.3, -0.25) is 14.9 Å². The Morgan fingerprint density at radius 3 is 2.57 bits per heavy atom. The molecule has 1 aliphatic carbocycles. The van der Waals surface area contributed by atoms with E-state index >= 15 is 0 Å². The summed E-state index contributed by atoms with van der Waals surface area (Å²) in [5.41, 5.74) is 0.724. The number of benzene rings is 1. The van der Waals surface area contributed by atoms with Crippen molar-refractivity contribution in [3.63, 3.8) is 0 Å². The highest BCUT2D eigenvalue weighted by molar-refractivity contribution is 5.91. The van der Waals surface area contributed by atoms with Crippen LogP contribution in [0.25, 0.3) is 6.08 Å². The predicted molar refractivity (Wildman–Crippen MR) is 78.5 cm³/mol. The van der Waals surface area contributed by atoms with Gasteiger partial charge in [0.2, 0.25) is 5.91 Å². The summed E-state index contributed by atoms with van der Waals surface area (Å²) in [6.07, 6.45) is 6.00. The van der Waals surface area contributed by atoms with Crippen molar-refractivity contribution in [3.8, 4) is 0 Å². The number of nitrogens with zero attached hydrogens (tertiary/aromatic N) is 1. The maximum Gasteiger partial charge on any atom is 0.269 e. The second-order valence-corrected chi connectivity index (χ2v) is 5.15. The van der Waals surface area contributed by atoms with Gasteiger partial charge in [-0.2, -0.15) is 0 Å². The number of nitrogens with one attached hydrogen (secondary N) is 1. The molecule has 1 aromatic rings. The number of hydrogen-bond acceptors (Lipinski definition) is 4. The Hall–Kier alpha value is -2.21. The van der Waals surface area contributed by atoms with Crippen LogP contribution >= 0.6 is 0 Å². The number of aliphatic hydroxyl groups excluding tert-OH is 1. The van der Waals surface area contributed by atoms with Gasteiger partial charge in [-0.25, -0.2) is 0 Å². The third-order valence-corrected chi connectivity index (χ3v) is 3.59. The topological polar surface area (TPSA) is 92.5 Å². The van der Waals surface area contributed by atoms with Gasteiger partial charge in [-0.1, -0.05) is 12.8 Å². The summed E-state index contributed by atoms with van der Waals surface area (Å²) in [6, 6.07) is 5.76. The summed E-state index contributed by atoms with van der Waals surface area (Å²) in [7, 11) is 0. The molecule has 0 unspecified atom stereocenters. The number of nitro benzene ring substituents is 1. The van der Waals surface area contributed by atoms with E-state index in [1.165, 1.54) is 18.2 Å². The largest absolute Gasteiger partial charge is 0.391 e. The second kappa shape index (κ2) is 6.99. The van der Waals surface area contributed by atoms with Crippen LogP contribution in [0.3, 0.4) is 0 Å². The molecule has 0 radical (unpaired) electrons. The molecule has 2 rings (SSSR count). The lowest BCUT2D eigenvalue weighted by molar-refractivity contribution is -0.384. The van der Waals surface area contributed by atoms with Crippen molar-refractivity contribution >= 4 is 17.7 Å². The fraction of sp³-hybridized carbons (Fsp3) is 0.400. The van der Waals surface area contributed by atoms with Gasteiger partial charge in [0.05, 0.1) is 17.1 Å².